The van der Waals surface area contributed by atoms with Crippen molar-refractivity contribution in [3.63, 3.8) is 0 Å². The van der Waals surface area contributed by atoms with Gasteiger partial charge < -0.3 is 9.80 Å². The fourth-order valence-corrected chi connectivity index (χ4v) is 4.76. The predicted molar refractivity (Wildman–Crippen MR) is 111 cm³/mol. The first-order valence-corrected chi connectivity index (χ1v) is 10.8. The normalized spacial score (nSPS) is 21.9. The van der Waals surface area contributed by atoms with Gasteiger partial charge in [0.25, 0.3) is 11.1 Å². The van der Waals surface area contributed by atoms with Crippen molar-refractivity contribution < 1.29 is 14.4 Å². The lowest BCUT2D eigenvalue weighted by Gasteiger charge is -2.28. The number of amides is 3. The van der Waals surface area contributed by atoms with Gasteiger partial charge in [0.2, 0.25) is 5.91 Å². The largest absolute Gasteiger partial charge is 0.372 e. The van der Waals surface area contributed by atoms with E-state index in [2.05, 4.69) is 17.0 Å². The zero-order chi connectivity index (χ0) is 19.5. The van der Waals surface area contributed by atoms with Crippen LogP contribution in [0.5, 0.6) is 0 Å². The molecule has 0 unspecified atom stereocenters. The summed E-state index contributed by atoms with van der Waals surface area (Å²) in [7, 11) is 0. The molecule has 1 aromatic carbocycles. The van der Waals surface area contributed by atoms with Crippen molar-refractivity contribution in [1.29, 1.82) is 0 Å². The average molecular weight is 400 g/mol. The number of rotatable bonds is 4. The summed E-state index contributed by atoms with van der Waals surface area (Å²) in [4.78, 5) is 42.7. The van der Waals surface area contributed by atoms with E-state index in [1.54, 1.807) is 11.0 Å². The molecule has 0 spiro atoms. The van der Waals surface area contributed by atoms with E-state index in [1.165, 1.54) is 24.9 Å². The van der Waals surface area contributed by atoms with Gasteiger partial charge in [-0.25, -0.2) is 0 Å². The quantitative estimate of drug-likeness (QED) is 0.727. The lowest BCUT2D eigenvalue weighted by atomic mass is 10.1. The third kappa shape index (κ3) is 4.09. The SMILES string of the molecule is O=C(CN1C(=O)S/C(=C/c2ccc(N3CCCCC3)cc2)C1=O)N1CCCC1. The molecule has 3 aliphatic rings. The summed E-state index contributed by atoms with van der Waals surface area (Å²) in [6.07, 6.45) is 7.47. The number of carbonyl (C=O) groups is 3. The lowest BCUT2D eigenvalue weighted by Crippen LogP contribution is -2.40. The van der Waals surface area contributed by atoms with Crippen molar-refractivity contribution >= 4 is 40.6 Å². The summed E-state index contributed by atoms with van der Waals surface area (Å²) in [6.45, 7) is 3.45. The molecule has 1 aromatic rings. The van der Waals surface area contributed by atoms with Crippen LogP contribution in [0.1, 0.15) is 37.7 Å². The standard InChI is InChI=1S/C21H25N3O3S/c25-19(23-12-4-5-13-23)15-24-20(26)18(28-21(24)27)14-16-6-8-17(9-7-16)22-10-2-1-3-11-22/h6-9,14H,1-5,10-13,15H2/b18-14+. The first-order valence-electron chi connectivity index (χ1n) is 10.00. The zero-order valence-electron chi connectivity index (χ0n) is 15.9. The first-order chi connectivity index (χ1) is 13.6. The Labute approximate surface area is 169 Å². The molecule has 7 heteroatoms. The summed E-state index contributed by atoms with van der Waals surface area (Å²) < 4.78 is 0. The van der Waals surface area contributed by atoms with Gasteiger partial charge in [-0.15, -0.1) is 0 Å². The highest BCUT2D eigenvalue weighted by Crippen LogP contribution is 2.32. The van der Waals surface area contributed by atoms with Gasteiger partial charge >= 0.3 is 0 Å². The summed E-state index contributed by atoms with van der Waals surface area (Å²) >= 11 is 0.911. The van der Waals surface area contributed by atoms with Crippen LogP contribution in [0.15, 0.2) is 29.2 Å². The number of piperidine rings is 1. The lowest BCUT2D eigenvalue weighted by molar-refractivity contribution is -0.135. The Balaban J connectivity index is 1.42. The highest BCUT2D eigenvalue weighted by Gasteiger charge is 2.37. The molecule has 148 valence electrons. The van der Waals surface area contributed by atoms with E-state index in [0.717, 1.165) is 48.2 Å². The molecule has 0 aliphatic carbocycles. The molecule has 0 aromatic heterocycles. The maximum absolute atomic E-state index is 12.6. The minimum Gasteiger partial charge on any atom is -0.372 e. The Morgan fingerprint density at radius 1 is 0.929 bits per heavy atom. The maximum Gasteiger partial charge on any atom is 0.294 e. The Kier molecular flexibility index (Phi) is 5.71. The fraction of sp³-hybridized carbons (Fsp3) is 0.476. The van der Waals surface area contributed by atoms with E-state index in [1.807, 2.05) is 12.1 Å². The second-order valence-corrected chi connectivity index (χ2v) is 8.49. The molecular formula is C21H25N3O3S. The van der Waals surface area contributed by atoms with Crippen LogP contribution in [-0.2, 0) is 9.59 Å². The minimum atomic E-state index is -0.373. The Morgan fingerprint density at radius 3 is 2.25 bits per heavy atom. The van der Waals surface area contributed by atoms with E-state index < -0.39 is 0 Å². The Hall–Kier alpha value is -2.28. The van der Waals surface area contributed by atoms with E-state index in [0.29, 0.717) is 18.0 Å². The van der Waals surface area contributed by atoms with Gasteiger partial charge in [-0.05, 0) is 67.6 Å². The van der Waals surface area contributed by atoms with Crippen LogP contribution in [0.3, 0.4) is 0 Å². The van der Waals surface area contributed by atoms with Crippen LogP contribution in [0.25, 0.3) is 6.08 Å². The first kappa shape index (κ1) is 19.1. The molecular weight excluding hydrogens is 374 g/mol. The van der Waals surface area contributed by atoms with E-state index in [-0.39, 0.29) is 23.6 Å². The Bertz CT molecular complexity index is 794. The molecule has 3 fully saturated rings. The highest BCUT2D eigenvalue weighted by atomic mass is 32.2. The molecule has 0 radical (unpaired) electrons. The number of imide groups is 1. The van der Waals surface area contributed by atoms with Crippen LogP contribution < -0.4 is 4.90 Å². The van der Waals surface area contributed by atoms with E-state index in [4.69, 9.17) is 0 Å². The number of hydrogen-bond donors (Lipinski definition) is 0. The van der Waals surface area contributed by atoms with E-state index >= 15 is 0 Å². The predicted octanol–water partition coefficient (Wildman–Crippen LogP) is 3.34. The smallest absolute Gasteiger partial charge is 0.294 e. The molecule has 0 saturated carbocycles. The topological polar surface area (TPSA) is 60.9 Å². The van der Waals surface area contributed by atoms with Gasteiger partial charge in [0.05, 0.1) is 4.91 Å². The molecule has 3 aliphatic heterocycles. The molecule has 3 heterocycles. The third-order valence-electron chi connectivity index (χ3n) is 5.54. The van der Waals surface area contributed by atoms with Crippen LogP contribution in [0.2, 0.25) is 0 Å². The van der Waals surface area contributed by atoms with Gasteiger partial charge in [0.1, 0.15) is 6.54 Å². The fourth-order valence-electron chi connectivity index (χ4n) is 3.92. The molecule has 0 bridgehead atoms. The third-order valence-corrected chi connectivity index (χ3v) is 6.45. The summed E-state index contributed by atoms with van der Waals surface area (Å²) in [5.41, 5.74) is 2.08. The van der Waals surface area contributed by atoms with Crippen molar-refractivity contribution in [2.24, 2.45) is 0 Å². The van der Waals surface area contributed by atoms with Crippen LogP contribution >= 0.6 is 11.8 Å². The van der Waals surface area contributed by atoms with Crippen LogP contribution in [0, 0.1) is 0 Å². The highest BCUT2D eigenvalue weighted by molar-refractivity contribution is 8.18. The maximum atomic E-state index is 12.6. The molecule has 4 rings (SSSR count). The molecule has 3 saturated heterocycles. The number of benzene rings is 1. The number of nitrogens with zero attached hydrogens (tertiary/aromatic N) is 3. The summed E-state index contributed by atoms with van der Waals surface area (Å²) in [5.74, 6) is -0.519. The van der Waals surface area contributed by atoms with Gasteiger partial charge in [-0.2, -0.15) is 0 Å². The number of carbonyl (C=O) groups excluding carboxylic acids is 3. The number of hydrogen-bond acceptors (Lipinski definition) is 5. The Morgan fingerprint density at radius 2 is 1.57 bits per heavy atom. The van der Waals surface area contributed by atoms with Gasteiger partial charge in [-0.1, -0.05) is 12.1 Å². The monoisotopic (exact) mass is 399 g/mol. The van der Waals surface area contributed by atoms with E-state index in [9.17, 15) is 14.4 Å². The van der Waals surface area contributed by atoms with Crippen molar-refractivity contribution in [2.75, 3.05) is 37.6 Å². The molecule has 3 amide bonds. The number of likely N-dealkylation sites (tertiary alicyclic amines) is 1. The van der Waals surface area contributed by atoms with Crippen LogP contribution in [-0.4, -0.2) is 59.6 Å². The number of thioether (sulfide) groups is 1. The molecule has 0 atom stereocenters. The van der Waals surface area contributed by atoms with Crippen LogP contribution in [0.4, 0.5) is 10.5 Å². The van der Waals surface area contributed by atoms with Gasteiger partial charge in [0, 0.05) is 31.9 Å². The second kappa shape index (κ2) is 8.39. The van der Waals surface area contributed by atoms with Gasteiger partial charge in [0.15, 0.2) is 0 Å². The van der Waals surface area contributed by atoms with Crippen molar-refractivity contribution in [3.8, 4) is 0 Å². The average Bonchev–Trinajstić information content (AvgIpc) is 3.34. The second-order valence-electron chi connectivity index (χ2n) is 7.49. The molecule has 6 nitrogen and oxygen atoms in total. The van der Waals surface area contributed by atoms with Crippen molar-refractivity contribution in [2.45, 2.75) is 32.1 Å². The zero-order valence-corrected chi connectivity index (χ0v) is 16.7. The molecule has 0 N–H and O–H groups in total. The van der Waals surface area contributed by atoms with Gasteiger partial charge in [-0.3, -0.25) is 19.3 Å². The van der Waals surface area contributed by atoms with Crippen molar-refractivity contribution in [3.05, 3.63) is 34.7 Å². The minimum absolute atomic E-state index is 0.146. The summed E-state index contributed by atoms with van der Waals surface area (Å²) in [6, 6.07) is 8.09. The molecule has 28 heavy (non-hydrogen) atoms. The summed E-state index contributed by atoms with van der Waals surface area (Å²) in [5, 5.41) is -0.367. The van der Waals surface area contributed by atoms with Crippen molar-refractivity contribution in [1.82, 2.24) is 9.80 Å². The number of anilines is 1.